The van der Waals surface area contributed by atoms with E-state index >= 15 is 0 Å². The van der Waals surface area contributed by atoms with E-state index in [-0.39, 0.29) is 48.0 Å². The Hall–Kier alpha value is -4.76. The minimum absolute atomic E-state index is 0.0210. The highest BCUT2D eigenvalue weighted by Crippen LogP contribution is 2.29. The maximum Gasteiger partial charge on any atom is 0.344 e. The summed E-state index contributed by atoms with van der Waals surface area (Å²) < 4.78 is 25.4. The zero-order valence-electron chi connectivity index (χ0n) is 20.9. The third-order valence-corrected chi connectivity index (χ3v) is 4.67. The molecule has 0 amide bonds. The lowest BCUT2D eigenvalue weighted by Crippen LogP contribution is -2.42. The zero-order chi connectivity index (χ0) is 28.9. The predicted octanol–water partition coefficient (Wildman–Crippen LogP) is 1.17. The molecule has 15 heteroatoms. The standard InChI is InChI=1S/C24H26N2O13/c1-14(27)21(25)24(31)39-20-12-16(8-9-19(20)34-10-5-11-37-26(32)33)22(29)35-13-36-23(30)17-6-3-4-7-18(17)38-15(2)28/h3-4,6-9,12,14,21,27H,5,10-11,13,25H2,1-2H3. The molecule has 2 unspecified atom stereocenters. The van der Waals surface area contributed by atoms with Crippen molar-refractivity contribution >= 4 is 23.9 Å². The second-order valence-corrected chi connectivity index (χ2v) is 7.68. The van der Waals surface area contributed by atoms with Gasteiger partial charge in [0.05, 0.1) is 24.9 Å². The minimum Gasteiger partial charge on any atom is -0.490 e. The molecule has 2 aromatic carbocycles. The number of ether oxygens (including phenoxy) is 5. The first kappa shape index (κ1) is 30.5. The van der Waals surface area contributed by atoms with E-state index < -0.39 is 47.9 Å². The van der Waals surface area contributed by atoms with Gasteiger partial charge in [-0.15, -0.1) is 10.1 Å². The summed E-state index contributed by atoms with van der Waals surface area (Å²) in [5.41, 5.74) is 5.38. The summed E-state index contributed by atoms with van der Waals surface area (Å²) in [5, 5.41) is 18.8. The molecule has 2 atom stereocenters. The molecule has 0 bridgehead atoms. The van der Waals surface area contributed by atoms with Crippen molar-refractivity contribution in [2.24, 2.45) is 5.73 Å². The Morgan fingerprint density at radius 3 is 2.33 bits per heavy atom. The molecule has 0 aliphatic carbocycles. The molecular weight excluding hydrogens is 524 g/mol. The van der Waals surface area contributed by atoms with Crippen LogP contribution in [0.1, 0.15) is 41.0 Å². The topological polar surface area (TPSA) is 213 Å². The number of nitrogens with zero attached hydrogens (tertiary/aromatic N) is 1. The van der Waals surface area contributed by atoms with Crippen LogP contribution in [0.2, 0.25) is 0 Å². The molecule has 0 aliphatic rings. The van der Waals surface area contributed by atoms with Crippen LogP contribution in [-0.2, 0) is 23.9 Å². The normalized spacial score (nSPS) is 11.9. The number of rotatable bonds is 14. The first-order valence-electron chi connectivity index (χ1n) is 11.3. The van der Waals surface area contributed by atoms with Crippen molar-refractivity contribution < 1.29 is 57.9 Å². The Morgan fingerprint density at radius 2 is 1.67 bits per heavy atom. The third-order valence-electron chi connectivity index (χ3n) is 4.67. The Balaban J connectivity index is 2.08. The van der Waals surface area contributed by atoms with Crippen molar-refractivity contribution in [1.29, 1.82) is 0 Å². The number of aliphatic hydroxyl groups excluding tert-OH is 1. The third kappa shape index (κ3) is 9.90. The van der Waals surface area contributed by atoms with Crippen LogP contribution < -0.4 is 19.9 Å². The fraction of sp³-hybridized carbons (Fsp3) is 0.333. The molecule has 39 heavy (non-hydrogen) atoms. The lowest BCUT2D eigenvalue weighted by Gasteiger charge is -2.16. The Bertz CT molecular complexity index is 1200. The van der Waals surface area contributed by atoms with Gasteiger partial charge in [-0.1, -0.05) is 12.1 Å². The molecule has 210 valence electrons. The van der Waals surface area contributed by atoms with Crippen LogP contribution in [0.15, 0.2) is 42.5 Å². The lowest BCUT2D eigenvalue weighted by molar-refractivity contribution is -0.757. The van der Waals surface area contributed by atoms with Gasteiger partial charge in [0, 0.05) is 13.3 Å². The lowest BCUT2D eigenvalue weighted by atomic mass is 10.2. The van der Waals surface area contributed by atoms with Gasteiger partial charge in [0.1, 0.15) is 17.4 Å². The number of carbonyl (C=O) groups is 4. The van der Waals surface area contributed by atoms with Crippen molar-refractivity contribution in [2.45, 2.75) is 32.4 Å². The van der Waals surface area contributed by atoms with Crippen LogP contribution in [0.4, 0.5) is 0 Å². The summed E-state index contributed by atoms with van der Waals surface area (Å²) >= 11 is 0. The van der Waals surface area contributed by atoms with E-state index in [4.69, 9.17) is 29.4 Å². The predicted molar refractivity (Wildman–Crippen MR) is 128 cm³/mol. The fourth-order valence-corrected chi connectivity index (χ4v) is 2.76. The zero-order valence-corrected chi connectivity index (χ0v) is 20.9. The molecule has 2 rings (SSSR count). The second kappa shape index (κ2) is 14.8. The van der Waals surface area contributed by atoms with Gasteiger partial charge in [-0.2, -0.15) is 0 Å². The van der Waals surface area contributed by atoms with Crippen molar-refractivity contribution in [3.8, 4) is 17.2 Å². The number of aliphatic hydroxyl groups is 1. The van der Waals surface area contributed by atoms with E-state index in [1.807, 2.05) is 0 Å². The van der Waals surface area contributed by atoms with E-state index in [2.05, 4.69) is 4.84 Å². The average molecular weight is 550 g/mol. The number of hydrogen-bond acceptors (Lipinski definition) is 14. The van der Waals surface area contributed by atoms with Crippen LogP contribution in [-0.4, -0.2) is 66.2 Å². The average Bonchev–Trinajstić information content (AvgIpc) is 2.88. The van der Waals surface area contributed by atoms with Crippen molar-refractivity contribution in [1.82, 2.24) is 0 Å². The molecule has 0 fully saturated rings. The number of para-hydroxylation sites is 1. The molecule has 0 aliphatic heterocycles. The molecular formula is C24H26N2O13. The first-order chi connectivity index (χ1) is 18.5. The Labute approximate surface area is 221 Å². The molecule has 0 radical (unpaired) electrons. The molecule has 0 aromatic heterocycles. The first-order valence-corrected chi connectivity index (χ1v) is 11.3. The summed E-state index contributed by atoms with van der Waals surface area (Å²) in [5.74, 6) is -3.89. The van der Waals surface area contributed by atoms with Crippen LogP contribution >= 0.6 is 0 Å². The van der Waals surface area contributed by atoms with Crippen LogP contribution in [0, 0.1) is 10.1 Å². The highest BCUT2D eigenvalue weighted by Gasteiger charge is 2.24. The summed E-state index contributed by atoms with van der Waals surface area (Å²) in [4.78, 5) is 62.7. The van der Waals surface area contributed by atoms with Crippen LogP contribution in [0.3, 0.4) is 0 Å². The SMILES string of the molecule is CC(=O)Oc1ccccc1C(=O)OCOC(=O)c1ccc(OCCCO[N+](=O)[O-])c(OC(=O)C(N)C(C)O)c1. The minimum atomic E-state index is -1.41. The molecule has 3 N–H and O–H groups in total. The highest BCUT2D eigenvalue weighted by molar-refractivity contribution is 5.94. The maximum absolute atomic E-state index is 12.5. The summed E-state index contributed by atoms with van der Waals surface area (Å²) in [6.45, 7) is 1.31. The van der Waals surface area contributed by atoms with E-state index in [0.29, 0.717) is 0 Å². The number of nitrogens with two attached hydrogens (primary N) is 1. The number of benzene rings is 2. The van der Waals surface area contributed by atoms with Gasteiger partial charge in [-0.05, 0) is 37.3 Å². The van der Waals surface area contributed by atoms with Gasteiger partial charge < -0.3 is 39.4 Å². The second-order valence-electron chi connectivity index (χ2n) is 7.68. The molecule has 0 heterocycles. The van der Waals surface area contributed by atoms with Crippen LogP contribution in [0.25, 0.3) is 0 Å². The Morgan fingerprint density at radius 1 is 0.974 bits per heavy atom. The van der Waals surface area contributed by atoms with E-state index in [9.17, 15) is 34.4 Å². The van der Waals surface area contributed by atoms with Gasteiger partial charge in [0.15, 0.2) is 11.5 Å². The fourth-order valence-electron chi connectivity index (χ4n) is 2.76. The largest absolute Gasteiger partial charge is 0.490 e. The van der Waals surface area contributed by atoms with Gasteiger partial charge >= 0.3 is 23.9 Å². The van der Waals surface area contributed by atoms with Gasteiger partial charge in [-0.25, -0.2) is 14.4 Å². The van der Waals surface area contributed by atoms with Crippen molar-refractivity contribution in [3.05, 3.63) is 63.7 Å². The van der Waals surface area contributed by atoms with Crippen LogP contribution in [0.5, 0.6) is 17.2 Å². The maximum atomic E-state index is 12.5. The summed E-state index contributed by atoms with van der Waals surface area (Å²) in [6.07, 6.45) is -1.13. The molecule has 2 aromatic rings. The van der Waals surface area contributed by atoms with Gasteiger partial charge in [-0.3, -0.25) is 4.79 Å². The molecule has 15 nitrogen and oxygen atoms in total. The van der Waals surface area contributed by atoms with E-state index in [1.54, 1.807) is 6.07 Å². The Kier molecular flexibility index (Phi) is 11.6. The number of carbonyl (C=O) groups excluding carboxylic acids is 4. The number of esters is 4. The summed E-state index contributed by atoms with van der Waals surface area (Å²) in [6, 6.07) is 8.00. The smallest absolute Gasteiger partial charge is 0.344 e. The quantitative estimate of drug-likeness (QED) is 0.0844. The van der Waals surface area contributed by atoms with Gasteiger partial charge in [0.25, 0.3) is 5.09 Å². The summed E-state index contributed by atoms with van der Waals surface area (Å²) in [7, 11) is 0. The molecule has 0 spiro atoms. The highest BCUT2D eigenvalue weighted by atomic mass is 16.9. The van der Waals surface area contributed by atoms with Crippen molar-refractivity contribution in [3.63, 3.8) is 0 Å². The number of hydrogen-bond donors (Lipinski definition) is 2. The molecule has 0 saturated heterocycles. The molecule has 0 saturated carbocycles. The van der Waals surface area contributed by atoms with E-state index in [1.165, 1.54) is 37.3 Å². The van der Waals surface area contributed by atoms with E-state index in [0.717, 1.165) is 13.0 Å². The monoisotopic (exact) mass is 550 g/mol. The van der Waals surface area contributed by atoms with Crippen molar-refractivity contribution in [2.75, 3.05) is 20.0 Å². The van der Waals surface area contributed by atoms with Gasteiger partial charge in [0.2, 0.25) is 6.79 Å².